The SMILES string of the molecule is CCC(=O)OC[C@H]1OB2OC(CN)C=C3C=COCC1=C23.Cl. The molecule has 2 atom stereocenters. The van der Waals surface area contributed by atoms with Gasteiger partial charge in [0.1, 0.15) is 19.3 Å². The van der Waals surface area contributed by atoms with Crippen LogP contribution in [0.3, 0.4) is 0 Å². The van der Waals surface area contributed by atoms with Gasteiger partial charge in [-0.3, -0.25) is 4.79 Å². The maximum absolute atomic E-state index is 11.3. The third kappa shape index (κ3) is 3.22. The molecule has 8 heteroatoms. The fourth-order valence-corrected chi connectivity index (χ4v) is 2.64. The van der Waals surface area contributed by atoms with Crippen molar-refractivity contribution in [3.8, 4) is 0 Å². The average Bonchev–Trinajstić information content (AvgIpc) is 2.71. The summed E-state index contributed by atoms with van der Waals surface area (Å²) in [6.07, 6.45) is 5.35. The molecule has 3 aliphatic rings. The number of rotatable bonds is 4. The average molecular weight is 328 g/mol. The molecule has 0 saturated carbocycles. The van der Waals surface area contributed by atoms with Gasteiger partial charge in [-0.15, -0.1) is 12.4 Å². The summed E-state index contributed by atoms with van der Waals surface area (Å²) in [6, 6.07) is 0. The summed E-state index contributed by atoms with van der Waals surface area (Å²) in [6.45, 7) is 2.73. The van der Waals surface area contributed by atoms with Crippen LogP contribution < -0.4 is 5.73 Å². The predicted molar refractivity (Wildman–Crippen MR) is 83.3 cm³/mol. The molecule has 0 radical (unpaired) electrons. The molecule has 2 N–H and O–H groups in total. The van der Waals surface area contributed by atoms with Gasteiger partial charge in [-0.2, -0.15) is 0 Å². The van der Waals surface area contributed by atoms with Crippen LogP contribution in [0.2, 0.25) is 0 Å². The molecule has 0 amide bonds. The summed E-state index contributed by atoms with van der Waals surface area (Å²) < 4.78 is 22.3. The first kappa shape index (κ1) is 17.1. The molecule has 0 aromatic carbocycles. The van der Waals surface area contributed by atoms with E-state index in [4.69, 9.17) is 24.5 Å². The van der Waals surface area contributed by atoms with Gasteiger partial charge in [-0.1, -0.05) is 6.92 Å². The van der Waals surface area contributed by atoms with Gasteiger partial charge in [0.2, 0.25) is 0 Å². The lowest BCUT2D eigenvalue weighted by atomic mass is 9.70. The third-order valence-corrected chi connectivity index (χ3v) is 3.73. The Morgan fingerprint density at radius 2 is 2.32 bits per heavy atom. The number of hydrogen-bond acceptors (Lipinski definition) is 6. The maximum Gasteiger partial charge on any atom is 0.495 e. The molecule has 1 unspecified atom stereocenters. The second-order valence-electron chi connectivity index (χ2n) is 5.08. The van der Waals surface area contributed by atoms with Gasteiger partial charge < -0.3 is 24.5 Å². The molecule has 0 spiro atoms. The molecule has 0 saturated heterocycles. The Morgan fingerprint density at radius 3 is 3.05 bits per heavy atom. The third-order valence-electron chi connectivity index (χ3n) is 3.73. The molecule has 22 heavy (non-hydrogen) atoms. The first-order chi connectivity index (χ1) is 10.2. The van der Waals surface area contributed by atoms with Gasteiger partial charge >= 0.3 is 13.1 Å². The normalized spacial score (nSPS) is 25.7. The molecule has 3 rings (SSSR count). The Morgan fingerprint density at radius 1 is 1.50 bits per heavy atom. The Kier molecular flexibility index (Phi) is 5.69. The van der Waals surface area contributed by atoms with Gasteiger partial charge in [0.05, 0.1) is 12.4 Å². The standard InChI is InChI=1S/C14H18BNO5.ClH/c1-2-13(17)19-8-12-11-7-18-4-3-9-5-10(6-16)20-15(21-12)14(9)11;/h3-5,10,12H,2,6-8,16H2,1H3;1H/t10?,12-;/m1./s1. The van der Waals surface area contributed by atoms with E-state index in [2.05, 4.69) is 0 Å². The Hall–Kier alpha value is -1.28. The van der Waals surface area contributed by atoms with E-state index in [-0.39, 0.29) is 37.2 Å². The predicted octanol–water partition coefficient (Wildman–Crippen LogP) is 0.912. The van der Waals surface area contributed by atoms with Crippen LogP contribution in [0.5, 0.6) is 0 Å². The highest BCUT2D eigenvalue weighted by Crippen LogP contribution is 2.36. The number of nitrogens with two attached hydrogens (primary N) is 1. The van der Waals surface area contributed by atoms with Gasteiger partial charge in [-0.25, -0.2) is 0 Å². The number of esters is 1. The van der Waals surface area contributed by atoms with E-state index >= 15 is 0 Å². The zero-order valence-electron chi connectivity index (χ0n) is 12.3. The first-order valence-electron chi connectivity index (χ1n) is 7.12. The number of carbonyl (C=O) groups excluding carboxylic acids is 1. The van der Waals surface area contributed by atoms with E-state index in [1.165, 1.54) is 0 Å². The van der Waals surface area contributed by atoms with Crippen LogP contribution in [0.1, 0.15) is 13.3 Å². The van der Waals surface area contributed by atoms with Crippen LogP contribution in [0.25, 0.3) is 0 Å². The van der Waals surface area contributed by atoms with Gasteiger partial charge in [0, 0.05) is 13.0 Å². The molecular formula is C14H19BClNO5. The maximum atomic E-state index is 11.3. The van der Waals surface area contributed by atoms with E-state index in [9.17, 15) is 4.79 Å². The molecule has 3 aliphatic heterocycles. The lowest BCUT2D eigenvalue weighted by Crippen LogP contribution is -2.37. The zero-order valence-corrected chi connectivity index (χ0v) is 13.1. The number of ether oxygens (including phenoxy) is 2. The van der Waals surface area contributed by atoms with Crippen molar-refractivity contribution in [1.82, 2.24) is 0 Å². The van der Waals surface area contributed by atoms with Gasteiger partial charge in [0.25, 0.3) is 0 Å². The minimum absolute atomic E-state index is 0. The van der Waals surface area contributed by atoms with E-state index in [1.807, 2.05) is 12.2 Å². The molecule has 3 heterocycles. The minimum atomic E-state index is -0.467. The zero-order chi connectivity index (χ0) is 14.8. The monoisotopic (exact) mass is 327 g/mol. The molecule has 0 aliphatic carbocycles. The molecule has 0 bridgehead atoms. The highest BCUT2D eigenvalue weighted by atomic mass is 35.5. The highest BCUT2D eigenvalue weighted by molar-refractivity contribution is 6.57. The minimum Gasteiger partial charge on any atom is -0.497 e. The number of carbonyl (C=O) groups is 1. The number of allylic oxidation sites excluding steroid dienone is 3. The van der Waals surface area contributed by atoms with Crippen LogP contribution in [0.4, 0.5) is 0 Å². The fraction of sp³-hybridized carbons (Fsp3) is 0.500. The lowest BCUT2D eigenvalue weighted by molar-refractivity contribution is -0.145. The van der Waals surface area contributed by atoms with Crippen molar-refractivity contribution >= 4 is 25.5 Å². The van der Waals surface area contributed by atoms with Crippen molar-refractivity contribution in [2.75, 3.05) is 19.8 Å². The van der Waals surface area contributed by atoms with Crippen molar-refractivity contribution in [2.24, 2.45) is 5.73 Å². The summed E-state index contributed by atoms with van der Waals surface area (Å²) in [5.74, 6) is -0.247. The van der Waals surface area contributed by atoms with Crippen molar-refractivity contribution in [2.45, 2.75) is 25.6 Å². The number of halogens is 1. The topological polar surface area (TPSA) is 80.0 Å². The summed E-state index contributed by atoms with van der Waals surface area (Å²) in [7, 11) is -0.467. The van der Waals surface area contributed by atoms with E-state index in [0.29, 0.717) is 19.6 Å². The number of hydrogen-bond donors (Lipinski definition) is 1. The van der Waals surface area contributed by atoms with Crippen LogP contribution in [0, 0.1) is 0 Å². The molecule has 0 aromatic heterocycles. The summed E-state index contributed by atoms with van der Waals surface area (Å²) in [5, 5.41) is 0. The quantitative estimate of drug-likeness (QED) is 0.611. The fourth-order valence-electron chi connectivity index (χ4n) is 2.64. The highest BCUT2D eigenvalue weighted by Gasteiger charge is 2.45. The van der Waals surface area contributed by atoms with Crippen molar-refractivity contribution < 1.29 is 23.6 Å². The van der Waals surface area contributed by atoms with Crippen molar-refractivity contribution in [3.05, 3.63) is 35.0 Å². The molecule has 6 nitrogen and oxygen atoms in total. The van der Waals surface area contributed by atoms with Crippen molar-refractivity contribution in [1.29, 1.82) is 0 Å². The summed E-state index contributed by atoms with van der Waals surface area (Å²) >= 11 is 0. The Bertz CT molecular complexity index is 533. The van der Waals surface area contributed by atoms with Crippen LogP contribution in [-0.4, -0.2) is 45.1 Å². The summed E-state index contributed by atoms with van der Waals surface area (Å²) in [5.41, 5.74) is 8.64. The first-order valence-corrected chi connectivity index (χ1v) is 7.12. The van der Waals surface area contributed by atoms with Crippen LogP contribution >= 0.6 is 12.4 Å². The second-order valence-corrected chi connectivity index (χ2v) is 5.08. The van der Waals surface area contributed by atoms with E-state index < -0.39 is 7.12 Å². The Balaban J connectivity index is 0.00000176. The molecule has 120 valence electrons. The molecular weight excluding hydrogens is 308 g/mol. The van der Waals surface area contributed by atoms with Crippen LogP contribution in [-0.2, 0) is 23.6 Å². The molecule has 0 fully saturated rings. The Labute approximate surface area is 135 Å². The second kappa shape index (κ2) is 7.33. The van der Waals surface area contributed by atoms with E-state index in [0.717, 1.165) is 16.6 Å². The van der Waals surface area contributed by atoms with Gasteiger partial charge in [0.15, 0.2) is 0 Å². The van der Waals surface area contributed by atoms with Crippen molar-refractivity contribution in [3.63, 3.8) is 0 Å². The van der Waals surface area contributed by atoms with Crippen LogP contribution in [0.15, 0.2) is 35.0 Å². The van der Waals surface area contributed by atoms with Gasteiger partial charge in [-0.05, 0) is 28.8 Å². The molecule has 0 aromatic rings. The van der Waals surface area contributed by atoms with E-state index in [1.54, 1.807) is 13.2 Å². The lowest BCUT2D eigenvalue weighted by Gasteiger charge is -2.24. The smallest absolute Gasteiger partial charge is 0.495 e. The summed E-state index contributed by atoms with van der Waals surface area (Å²) in [4.78, 5) is 11.3. The largest absolute Gasteiger partial charge is 0.497 e.